The van der Waals surface area contributed by atoms with Crippen LogP contribution in [0.25, 0.3) is 10.9 Å². The van der Waals surface area contributed by atoms with Crippen molar-refractivity contribution >= 4 is 10.9 Å². The van der Waals surface area contributed by atoms with Gasteiger partial charge in [0.05, 0.1) is 5.52 Å². The average Bonchev–Trinajstić information content (AvgIpc) is 2.38. The third-order valence-electron chi connectivity index (χ3n) is 3.07. The number of para-hydroxylation sites is 1. The molecule has 0 aliphatic heterocycles. The number of fused-ring (bicyclic) bond motifs is 1. The zero-order valence-electron chi connectivity index (χ0n) is 11.7. The third kappa shape index (κ3) is 3.32. The van der Waals surface area contributed by atoms with Crippen LogP contribution >= 0.6 is 0 Å². The van der Waals surface area contributed by atoms with Crippen molar-refractivity contribution in [2.75, 3.05) is 0 Å². The molecule has 1 aromatic carbocycles. The molecule has 0 aliphatic rings. The molecule has 0 aliphatic carbocycles. The fraction of sp³-hybridized carbons (Fsp3) is 0.312. The molecule has 2 rings (SSSR count). The van der Waals surface area contributed by atoms with Crippen molar-refractivity contribution in [3.63, 3.8) is 0 Å². The Kier molecular flexibility index (Phi) is 3.86. The maximum absolute atomic E-state index is 5.54. The molecule has 0 unspecified atom stereocenters. The van der Waals surface area contributed by atoms with E-state index in [1.165, 1.54) is 0 Å². The van der Waals surface area contributed by atoms with Crippen LogP contribution in [-0.4, -0.2) is 4.98 Å². The number of hydroxylamine groups is 1. The summed E-state index contributed by atoms with van der Waals surface area (Å²) in [5.41, 5.74) is 5.87. The fourth-order valence-electron chi connectivity index (χ4n) is 1.63. The van der Waals surface area contributed by atoms with Crippen molar-refractivity contribution in [2.45, 2.75) is 27.4 Å². The van der Waals surface area contributed by atoms with E-state index in [4.69, 9.17) is 4.84 Å². The first kappa shape index (κ1) is 13.6. The Morgan fingerprint density at radius 3 is 2.74 bits per heavy atom. The van der Waals surface area contributed by atoms with Gasteiger partial charge >= 0.3 is 0 Å². The van der Waals surface area contributed by atoms with Crippen molar-refractivity contribution in [1.82, 2.24) is 10.5 Å². The van der Waals surface area contributed by atoms with Crippen LogP contribution in [0.2, 0.25) is 0 Å². The molecule has 1 N–H and O–H groups in total. The predicted octanol–water partition coefficient (Wildman–Crippen LogP) is 3.82. The molecule has 0 bridgehead atoms. The highest BCUT2D eigenvalue weighted by Crippen LogP contribution is 2.21. The van der Waals surface area contributed by atoms with E-state index in [2.05, 4.69) is 43.9 Å². The van der Waals surface area contributed by atoms with Crippen LogP contribution in [0.3, 0.4) is 0 Å². The van der Waals surface area contributed by atoms with Crippen LogP contribution in [0, 0.1) is 5.41 Å². The molecule has 0 radical (unpaired) electrons. The lowest BCUT2D eigenvalue weighted by molar-refractivity contribution is 0.0382. The van der Waals surface area contributed by atoms with E-state index < -0.39 is 0 Å². The fourth-order valence-corrected chi connectivity index (χ4v) is 1.63. The first-order valence-electron chi connectivity index (χ1n) is 6.38. The molecule has 1 aromatic heterocycles. The number of nitrogens with one attached hydrogen (secondary N) is 1. The van der Waals surface area contributed by atoms with Crippen molar-refractivity contribution in [2.24, 2.45) is 5.41 Å². The highest BCUT2D eigenvalue weighted by molar-refractivity contribution is 5.81. The minimum Gasteiger partial charge on any atom is -0.272 e. The topological polar surface area (TPSA) is 34.1 Å². The molecule has 0 amide bonds. The Balaban J connectivity index is 2.05. The monoisotopic (exact) mass is 256 g/mol. The van der Waals surface area contributed by atoms with Crippen molar-refractivity contribution in [3.8, 4) is 0 Å². The van der Waals surface area contributed by atoms with Gasteiger partial charge in [-0.3, -0.25) is 15.3 Å². The molecule has 0 atom stereocenters. The highest BCUT2D eigenvalue weighted by atomic mass is 16.6. The van der Waals surface area contributed by atoms with Gasteiger partial charge in [-0.15, -0.1) is 0 Å². The molecule has 3 heteroatoms. The zero-order chi connectivity index (χ0) is 13.9. The first-order chi connectivity index (χ1) is 8.98. The minimum atomic E-state index is -0.0136. The predicted molar refractivity (Wildman–Crippen MR) is 78.3 cm³/mol. The molecule has 2 aromatic rings. The Morgan fingerprint density at radius 2 is 2.00 bits per heavy atom. The number of benzene rings is 1. The number of allylic oxidation sites excluding steroid dienone is 1. The van der Waals surface area contributed by atoms with Gasteiger partial charge in [-0.25, -0.2) is 0 Å². The summed E-state index contributed by atoms with van der Waals surface area (Å²) in [6, 6.07) is 10.0. The molecule has 1 heterocycles. The number of nitrogens with zero attached hydrogens (tertiary/aromatic N) is 1. The smallest absolute Gasteiger partial charge is 0.100 e. The van der Waals surface area contributed by atoms with Gasteiger partial charge < -0.3 is 0 Å². The van der Waals surface area contributed by atoms with Gasteiger partial charge in [0.15, 0.2) is 0 Å². The first-order valence-corrected chi connectivity index (χ1v) is 6.38. The van der Waals surface area contributed by atoms with Crippen LogP contribution in [0.15, 0.2) is 48.8 Å². The quantitative estimate of drug-likeness (QED) is 0.844. The number of hydrogen-bond donors (Lipinski definition) is 1. The number of aromatic nitrogens is 1. The summed E-state index contributed by atoms with van der Waals surface area (Å²) in [6.45, 7) is 10.7. The van der Waals surface area contributed by atoms with E-state index in [0.717, 1.165) is 22.2 Å². The van der Waals surface area contributed by atoms with E-state index in [-0.39, 0.29) is 5.41 Å². The Labute approximate surface area is 114 Å². The summed E-state index contributed by atoms with van der Waals surface area (Å²) in [5.74, 6) is 0. The zero-order valence-corrected chi connectivity index (χ0v) is 11.7. The number of pyridine rings is 1. The molecule has 3 nitrogen and oxygen atoms in total. The van der Waals surface area contributed by atoms with Gasteiger partial charge in [-0.05, 0) is 17.7 Å². The van der Waals surface area contributed by atoms with E-state index in [1.807, 2.05) is 24.3 Å². The molecule has 19 heavy (non-hydrogen) atoms. The maximum Gasteiger partial charge on any atom is 0.100 e. The van der Waals surface area contributed by atoms with Crippen LogP contribution in [0.5, 0.6) is 0 Å². The maximum atomic E-state index is 5.54. The number of hydrogen-bond acceptors (Lipinski definition) is 3. The van der Waals surface area contributed by atoms with Crippen LogP contribution < -0.4 is 5.48 Å². The number of rotatable bonds is 4. The summed E-state index contributed by atoms with van der Waals surface area (Å²) < 4.78 is 0. The van der Waals surface area contributed by atoms with Gasteiger partial charge in [-0.2, -0.15) is 0 Å². The van der Waals surface area contributed by atoms with Gasteiger partial charge in [-0.1, -0.05) is 45.5 Å². The average molecular weight is 256 g/mol. The lowest BCUT2D eigenvalue weighted by Gasteiger charge is -2.22. The Bertz CT molecular complexity index is 579. The second kappa shape index (κ2) is 5.41. The van der Waals surface area contributed by atoms with Crippen LogP contribution in [0.1, 0.15) is 26.3 Å². The SMILES string of the molecule is C=C(NOCc1ccnc2ccccc12)C(C)(C)C. The van der Waals surface area contributed by atoms with E-state index >= 15 is 0 Å². The van der Waals surface area contributed by atoms with Gasteiger partial charge in [0, 0.05) is 22.7 Å². The lowest BCUT2D eigenvalue weighted by Crippen LogP contribution is -2.23. The van der Waals surface area contributed by atoms with E-state index in [0.29, 0.717) is 6.61 Å². The summed E-state index contributed by atoms with van der Waals surface area (Å²) >= 11 is 0. The Hall–Kier alpha value is -1.87. The van der Waals surface area contributed by atoms with Crippen molar-refractivity contribution in [1.29, 1.82) is 0 Å². The molecule has 0 saturated carbocycles. The molecular weight excluding hydrogens is 236 g/mol. The molecule has 100 valence electrons. The standard InChI is InChI=1S/C16H20N2O/c1-12(16(2,3)4)18-19-11-13-9-10-17-15-8-6-5-7-14(13)15/h5-10,18H,1,11H2,2-4H3. The van der Waals surface area contributed by atoms with Crippen LogP contribution in [-0.2, 0) is 11.4 Å². The minimum absolute atomic E-state index is 0.0136. The van der Waals surface area contributed by atoms with Gasteiger partial charge in [0.25, 0.3) is 0 Å². The highest BCUT2D eigenvalue weighted by Gasteiger charge is 2.14. The van der Waals surface area contributed by atoms with E-state index in [1.54, 1.807) is 6.20 Å². The second-order valence-electron chi connectivity index (χ2n) is 5.61. The largest absolute Gasteiger partial charge is 0.272 e. The van der Waals surface area contributed by atoms with Gasteiger partial charge in [0.1, 0.15) is 6.61 Å². The normalized spacial score (nSPS) is 11.5. The van der Waals surface area contributed by atoms with Crippen molar-refractivity contribution in [3.05, 3.63) is 54.4 Å². The summed E-state index contributed by atoms with van der Waals surface area (Å²) in [6.07, 6.45) is 1.81. The summed E-state index contributed by atoms with van der Waals surface area (Å²) in [5, 5.41) is 1.12. The lowest BCUT2D eigenvalue weighted by atomic mass is 9.93. The van der Waals surface area contributed by atoms with Crippen molar-refractivity contribution < 1.29 is 4.84 Å². The molecular formula is C16H20N2O. The summed E-state index contributed by atoms with van der Waals surface area (Å²) in [4.78, 5) is 9.87. The third-order valence-corrected chi connectivity index (χ3v) is 3.07. The Morgan fingerprint density at radius 1 is 1.26 bits per heavy atom. The van der Waals surface area contributed by atoms with E-state index in [9.17, 15) is 0 Å². The van der Waals surface area contributed by atoms with Crippen LogP contribution in [0.4, 0.5) is 0 Å². The molecule has 0 saturated heterocycles. The second-order valence-corrected chi connectivity index (χ2v) is 5.61. The molecule has 0 fully saturated rings. The van der Waals surface area contributed by atoms with Gasteiger partial charge in [0.2, 0.25) is 0 Å². The molecule has 0 spiro atoms. The summed E-state index contributed by atoms with van der Waals surface area (Å²) in [7, 11) is 0.